The van der Waals surface area contributed by atoms with Crippen molar-refractivity contribution in [1.82, 2.24) is 4.90 Å². The van der Waals surface area contributed by atoms with E-state index in [-0.39, 0.29) is 0 Å². The van der Waals surface area contributed by atoms with Crippen molar-refractivity contribution in [2.75, 3.05) is 32.8 Å². The number of carboxylic acid groups (broad SMARTS) is 1. The van der Waals surface area contributed by atoms with Crippen LogP contribution in [-0.4, -0.2) is 48.8 Å². The van der Waals surface area contributed by atoms with Gasteiger partial charge in [-0.05, 0) is 19.8 Å². The lowest BCUT2D eigenvalue weighted by Gasteiger charge is -2.31. The van der Waals surface area contributed by atoms with Gasteiger partial charge in [0.2, 0.25) is 0 Å². The molecule has 1 aliphatic heterocycles. The van der Waals surface area contributed by atoms with Crippen LogP contribution in [0, 0.1) is 5.41 Å². The molecule has 1 fully saturated rings. The summed E-state index contributed by atoms with van der Waals surface area (Å²) >= 11 is 0. The van der Waals surface area contributed by atoms with Gasteiger partial charge in [0.1, 0.15) is 0 Å². The number of hydrogen-bond donors (Lipinski definition) is 1. The van der Waals surface area contributed by atoms with Gasteiger partial charge < -0.3 is 9.84 Å². The number of carboxylic acids is 1. The van der Waals surface area contributed by atoms with Gasteiger partial charge in [0.15, 0.2) is 0 Å². The minimum absolute atomic E-state index is 0.612. The van der Waals surface area contributed by atoms with E-state index in [0.717, 1.165) is 45.6 Å². The van der Waals surface area contributed by atoms with Crippen LogP contribution in [0.15, 0.2) is 0 Å². The number of nitrogens with zero attached hydrogens (tertiary/aromatic N) is 1. The molecule has 1 rings (SSSR count). The molecule has 0 aromatic heterocycles. The zero-order valence-corrected chi connectivity index (χ0v) is 10.4. The first-order chi connectivity index (χ1) is 7.58. The summed E-state index contributed by atoms with van der Waals surface area (Å²) in [5.41, 5.74) is -0.612. The van der Waals surface area contributed by atoms with Crippen molar-refractivity contribution in [1.29, 1.82) is 0 Å². The highest BCUT2D eigenvalue weighted by Crippen LogP contribution is 2.25. The Morgan fingerprint density at radius 3 is 2.81 bits per heavy atom. The topological polar surface area (TPSA) is 49.8 Å². The molecular formula is C12H23NO3. The Balaban J connectivity index is 2.55. The first kappa shape index (κ1) is 13.5. The molecule has 0 saturated carbocycles. The lowest BCUT2D eigenvalue weighted by atomic mass is 9.85. The Labute approximate surface area is 97.6 Å². The monoisotopic (exact) mass is 229 g/mol. The van der Waals surface area contributed by atoms with E-state index in [9.17, 15) is 9.90 Å². The van der Waals surface area contributed by atoms with E-state index in [0.29, 0.717) is 6.54 Å². The molecule has 0 aromatic carbocycles. The van der Waals surface area contributed by atoms with Gasteiger partial charge in [-0.25, -0.2) is 0 Å². The van der Waals surface area contributed by atoms with Crippen LogP contribution in [0.1, 0.15) is 33.1 Å². The molecule has 1 atom stereocenters. The van der Waals surface area contributed by atoms with Gasteiger partial charge in [-0.2, -0.15) is 0 Å². The average molecular weight is 229 g/mol. The first-order valence-electron chi connectivity index (χ1n) is 6.12. The fourth-order valence-corrected chi connectivity index (χ4v) is 2.25. The number of hydrogen-bond acceptors (Lipinski definition) is 3. The zero-order chi connectivity index (χ0) is 12.0. The molecule has 16 heavy (non-hydrogen) atoms. The van der Waals surface area contributed by atoms with E-state index in [1.165, 1.54) is 0 Å². The summed E-state index contributed by atoms with van der Waals surface area (Å²) in [5.74, 6) is -0.681. The van der Waals surface area contributed by atoms with Crippen LogP contribution >= 0.6 is 0 Å². The Hall–Kier alpha value is -0.610. The maximum Gasteiger partial charge on any atom is 0.310 e. The van der Waals surface area contributed by atoms with Crippen molar-refractivity contribution in [2.45, 2.75) is 33.1 Å². The third-order valence-corrected chi connectivity index (χ3v) is 3.21. The second kappa shape index (κ2) is 6.21. The summed E-state index contributed by atoms with van der Waals surface area (Å²) in [4.78, 5) is 13.5. The van der Waals surface area contributed by atoms with E-state index >= 15 is 0 Å². The van der Waals surface area contributed by atoms with Crippen LogP contribution in [0.2, 0.25) is 0 Å². The molecule has 1 aliphatic rings. The molecule has 0 aromatic rings. The number of aliphatic carboxylic acids is 1. The van der Waals surface area contributed by atoms with E-state index in [4.69, 9.17) is 4.74 Å². The van der Waals surface area contributed by atoms with Crippen LogP contribution < -0.4 is 0 Å². The van der Waals surface area contributed by atoms with Crippen LogP contribution in [0.5, 0.6) is 0 Å². The predicted molar refractivity (Wildman–Crippen MR) is 62.5 cm³/mol. The molecule has 1 unspecified atom stereocenters. The molecule has 4 heteroatoms. The predicted octanol–water partition coefficient (Wildman–Crippen LogP) is 1.60. The lowest BCUT2D eigenvalue weighted by Crippen LogP contribution is -2.42. The molecule has 94 valence electrons. The summed E-state index contributed by atoms with van der Waals surface area (Å²) < 4.78 is 5.37. The van der Waals surface area contributed by atoms with Crippen molar-refractivity contribution < 1.29 is 14.6 Å². The molecule has 0 bridgehead atoms. The fourth-order valence-electron chi connectivity index (χ4n) is 2.25. The van der Waals surface area contributed by atoms with Gasteiger partial charge in [-0.3, -0.25) is 9.69 Å². The van der Waals surface area contributed by atoms with E-state index < -0.39 is 11.4 Å². The van der Waals surface area contributed by atoms with Gasteiger partial charge in [0.05, 0.1) is 12.0 Å². The fraction of sp³-hybridized carbons (Fsp3) is 0.917. The summed E-state index contributed by atoms with van der Waals surface area (Å²) in [7, 11) is 0. The highest BCUT2D eigenvalue weighted by molar-refractivity contribution is 5.74. The molecule has 4 nitrogen and oxygen atoms in total. The van der Waals surface area contributed by atoms with Crippen molar-refractivity contribution >= 4 is 5.97 Å². The largest absolute Gasteiger partial charge is 0.481 e. The van der Waals surface area contributed by atoms with Gasteiger partial charge in [0.25, 0.3) is 0 Å². The van der Waals surface area contributed by atoms with Crippen LogP contribution in [-0.2, 0) is 9.53 Å². The normalized spacial score (nSPS) is 22.4. The molecule has 1 N–H and O–H groups in total. The minimum Gasteiger partial charge on any atom is -0.481 e. The van der Waals surface area contributed by atoms with Gasteiger partial charge in [-0.15, -0.1) is 0 Å². The standard InChI is InChI=1S/C12H23NO3/c1-3-5-12(2,11(14)15)10-13-6-4-8-16-9-7-13/h3-10H2,1-2H3,(H,14,15). The van der Waals surface area contributed by atoms with Gasteiger partial charge >= 0.3 is 5.97 Å². The Morgan fingerprint density at radius 2 is 2.19 bits per heavy atom. The molecule has 0 aliphatic carbocycles. The maximum absolute atomic E-state index is 11.3. The first-order valence-corrected chi connectivity index (χ1v) is 6.12. The molecule has 0 radical (unpaired) electrons. The van der Waals surface area contributed by atoms with Gasteiger partial charge in [0, 0.05) is 26.2 Å². The smallest absolute Gasteiger partial charge is 0.310 e. The van der Waals surface area contributed by atoms with E-state index in [1.54, 1.807) is 0 Å². The summed E-state index contributed by atoms with van der Waals surface area (Å²) in [6.45, 7) is 7.85. The second-order valence-corrected chi connectivity index (χ2v) is 4.86. The molecule has 1 saturated heterocycles. The average Bonchev–Trinajstić information content (AvgIpc) is 2.46. The Bertz CT molecular complexity index is 224. The highest BCUT2D eigenvalue weighted by Gasteiger charge is 2.34. The van der Waals surface area contributed by atoms with Crippen LogP contribution in [0.3, 0.4) is 0 Å². The summed E-state index contributed by atoms with van der Waals surface area (Å²) in [5, 5.41) is 9.31. The van der Waals surface area contributed by atoms with Crippen molar-refractivity contribution in [3.8, 4) is 0 Å². The number of ether oxygens (including phenoxy) is 1. The molecule has 0 amide bonds. The minimum atomic E-state index is -0.681. The SMILES string of the molecule is CCCC(C)(CN1CCCOCC1)C(=O)O. The third kappa shape index (κ3) is 3.76. The van der Waals surface area contributed by atoms with E-state index in [2.05, 4.69) is 4.90 Å². The Kier molecular flexibility index (Phi) is 5.22. The lowest BCUT2D eigenvalue weighted by molar-refractivity contribution is -0.149. The number of carbonyl (C=O) groups is 1. The van der Waals surface area contributed by atoms with E-state index in [1.807, 2.05) is 13.8 Å². The highest BCUT2D eigenvalue weighted by atomic mass is 16.5. The molecule has 1 heterocycles. The molecular weight excluding hydrogens is 206 g/mol. The van der Waals surface area contributed by atoms with Crippen molar-refractivity contribution in [3.63, 3.8) is 0 Å². The summed E-state index contributed by atoms with van der Waals surface area (Å²) in [6, 6.07) is 0. The molecule has 0 spiro atoms. The quantitative estimate of drug-likeness (QED) is 0.778. The summed E-state index contributed by atoms with van der Waals surface area (Å²) in [6.07, 6.45) is 2.65. The van der Waals surface area contributed by atoms with Crippen molar-refractivity contribution in [2.24, 2.45) is 5.41 Å². The van der Waals surface area contributed by atoms with Crippen LogP contribution in [0.25, 0.3) is 0 Å². The number of rotatable bonds is 5. The van der Waals surface area contributed by atoms with Crippen LogP contribution in [0.4, 0.5) is 0 Å². The zero-order valence-electron chi connectivity index (χ0n) is 10.4. The third-order valence-electron chi connectivity index (χ3n) is 3.21. The maximum atomic E-state index is 11.3. The second-order valence-electron chi connectivity index (χ2n) is 4.86. The Morgan fingerprint density at radius 1 is 1.44 bits per heavy atom. The van der Waals surface area contributed by atoms with Gasteiger partial charge in [-0.1, -0.05) is 13.3 Å². The van der Waals surface area contributed by atoms with Crippen molar-refractivity contribution in [3.05, 3.63) is 0 Å².